The summed E-state index contributed by atoms with van der Waals surface area (Å²) in [5, 5.41) is 0. The highest BCUT2D eigenvalue weighted by Crippen LogP contribution is 2.47. The van der Waals surface area contributed by atoms with Crippen molar-refractivity contribution in [2.75, 3.05) is 0 Å². The number of hydrogen-bond acceptors (Lipinski definition) is 1. The van der Waals surface area contributed by atoms with Gasteiger partial charge in [0.2, 0.25) is 5.60 Å². The van der Waals surface area contributed by atoms with Crippen molar-refractivity contribution in [3.8, 4) is 18.1 Å². The predicted molar refractivity (Wildman–Crippen MR) is 63.1 cm³/mol. The van der Waals surface area contributed by atoms with E-state index in [-0.39, 0.29) is 0 Å². The molecule has 0 saturated heterocycles. The maximum Gasteiger partial charge on any atom is 0.223 e. The molecule has 1 unspecified atom stereocenters. The van der Waals surface area contributed by atoms with E-state index in [0.717, 1.165) is 16.9 Å². The van der Waals surface area contributed by atoms with Gasteiger partial charge in [0.05, 0.1) is 5.56 Å². The zero-order chi connectivity index (χ0) is 11.0. The number of para-hydroxylation sites is 1. The summed E-state index contributed by atoms with van der Waals surface area (Å²) in [7, 11) is 0. The SMILES string of the molecule is C#CC1(c2ccccc2)Oc2ccccc21. The van der Waals surface area contributed by atoms with Gasteiger partial charge in [0, 0.05) is 5.56 Å². The summed E-state index contributed by atoms with van der Waals surface area (Å²) in [5.41, 5.74) is 1.40. The molecule has 0 bridgehead atoms. The average Bonchev–Trinajstić information content (AvgIpc) is 2.33. The Hall–Kier alpha value is -2.20. The lowest BCUT2D eigenvalue weighted by Gasteiger charge is -2.40. The summed E-state index contributed by atoms with van der Waals surface area (Å²) < 4.78 is 5.77. The molecule has 0 aliphatic carbocycles. The molecule has 1 aliphatic rings. The summed E-state index contributed by atoms with van der Waals surface area (Å²) in [6.07, 6.45) is 5.64. The minimum Gasteiger partial charge on any atom is -0.465 e. The Labute approximate surface area is 94.7 Å². The van der Waals surface area contributed by atoms with Crippen molar-refractivity contribution in [1.29, 1.82) is 0 Å². The minimum atomic E-state index is -0.683. The molecule has 0 radical (unpaired) electrons. The molecule has 1 heterocycles. The van der Waals surface area contributed by atoms with Crippen LogP contribution in [0, 0.1) is 12.3 Å². The third-order valence-corrected chi connectivity index (χ3v) is 2.91. The standard InChI is InChI=1S/C15H10O/c1-2-15(12-8-4-3-5-9-12)13-10-6-7-11-14(13)16-15/h1,3-11H. The monoisotopic (exact) mass is 206 g/mol. The zero-order valence-electron chi connectivity index (χ0n) is 8.68. The summed E-state index contributed by atoms with van der Waals surface area (Å²) in [4.78, 5) is 0. The van der Waals surface area contributed by atoms with E-state index >= 15 is 0 Å². The Balaban J connectivity index is 2.17. The van der Waals surface area contributed by atoms with Crippen molar-refractivity contribution in [2.24, 2.45) is 0 Å². The minimum absolute atomic E-state index is 0.683. The first-order valence-corrected chi connectivity index (χ1v) is 5.18. The quantitative estimate of drug-likeness (QED) is 0.652. The third-order valence-electron chi connectivity index (χ3n) is 2.91. The first-order valence-electron chi connectivity index (χ1n) is 5.18. The van der Waals surface area contributed by atoms with Gasteiger partial charge in [-0.1, -0.05) is 42.5 Å². The van der Waals surface area contributed by atoms with Gasteiger partial charge in [-0.05, 0) is 18.1 Å². The summed E-state index contributed by atoms with van der Waals surface area (Å²) in [6, 6.07) is 17.8. The third kappa shape index (κ3) is 1.02. The molecule has 0 aromatic heterocycles. The van der Waals surface area contributed by atoms with E-state index in [1.54, 1.807) is 0 Å². The van der Waals surface area contributed by atoms with E-state index in [0.29, 0.717) is 0 Å². The molecule has 0 spiro atoms. The second-order valence-corrected chi connectivity index (χ2v) is 3.79. The lowest BCUT2D eigenvalue weighted by Crippen LogP contribution is -2.41. The molecule has 1 nitrogen and oxygen atoms in total. The van der Waals surface area contributed by atoms with Gasteiger partial charge in [0.25, 0.3) is 0 Å². The molecule has 76 valence electrons. The molecule has 1 atom stereocenters. The maximum absolute atomic E-state index is 5.77. The highest BCUT2D eigenvalue weighted by atomic mass is 16.5. The van der Waals surface area contributed by atoms with Crippen LogP contribution in [0.25, 0.3) is 0 Å². The first-order chi connectivity index (χ1) is 7.87. The van der Waals surface area contributed by atoms with Crippen LogP contribution < -0.4 is 4.74 Å². The molecular formula is C15H10O. The lowest BCUT2D eigenvalue weighted by molar-refractivity contribution is 0.115. The number of rotatable bonds is 1. The molecule has 3 rings (SSSR count). The summed E-state index contributed by atoms with van der Waals surface area (Å²) >= 11 is 0. The van der Waals surface area contributed by atoms with Crippen LogP contribution in [0.1, 0.15) is 11.1 Å². The number of hydrogen-bond donors (Lipinski definition) is 0. The number of ether oxygens (including phenoxy) is 1. The second-order valence-electron chi connectivity index (χ2n) is 3.79. The van der Waals surface area contributed by atoms with Crippen LogP contribution in [0.2, 0.25) is 0 Å². The van der Waals surface area contributed by atoms with Crippen LogP contribution in [0.4, 0.5) is 0 Å². The van der Waals surface area contributed by atoms with Crippen LogP contribution in [0.15, 0.2) is 54.6 Å². The smallest absolute Gasteiger partial charge is 0.223 e. The van der Waals surface area contributed by atoms with Crippen molar-refractivity contribution in [1.82, 2.24) is 0 Å². The molecule has 0 fully saturated rings. The van der Waals surface area contributed by atoms with E-state index in [9.17, 15) is 0 Å². The fraction of sp³-hybridized carbons (Fsp3) is 0.0667. The van der Waals surface area contributed by atoms with E-state index in [1.165, 1.54) is 0 Å². The van der Waals surface area contributed by atoms with E-state index < -0.39 is 5.60 Å². The first kappa shape index (κ1) is 9.06. The number of benzene rings is 2. The Morgan fingerprint density at radius 1 is 0.938 bits per heavy atom. The maximum atomic E-state index is 5.77. The van der Waals surface area contributed by atoms with Crippen LogP contribution in [-0.4, -0.2) is 0 Å². The Bertz CT molecular complexity index is 565. The highest BCUT2D eigenvalue weighted by molar-refractivity contribution is 5.57. The lowest BCUT2D eigenvalue weighted by atomic mass is 9.82. The molecule has 2 aromatic rings. The Kier molecular flexibility index (Phi) is 1.78. The predicted octanol–water partition coefficient (Wildman–Crippen LogP) is 2.96. The molecule has 0 saturated carbocycles. The van der Waals surface area contributed by atoms with E-state index in [1.807, 2.05) is 54.6 Å². The number of terminal acetylenes is 1. The van der Waals surface area contributed by atoms with Gasteiger partial charge in [-0.3, -0.25) is 0 Å². The summed E-state index contributed by atoms with van der Waals surface area (Å²) in [5.74, 6) is 3.64. The van der Waals surface area contributed by atoms with Crippen LogP contribution in [0.5, 0.6) is 5.75 Å². The fourth-order valence-corrected chi connectivity index (χ4v) is 2.10. The van der Waals surface area contributed by atoms with Crippen molar-refractivity contribution >= 4 is 0 Å². The van der Waals surface area contributed by atoms with Crippen molar-refractivity contribution in [2.45, 2.75) is 5.60 Å². The Morgan fingerprint density at radius 2 is 1.62 bits per heavy atom. The molecule has 0 N–H and O–H groups in total. The van der Waals surface area contributed by atoms with E-state index in [4.69, 9.17) is 11.2 Å². The van der Waals surface area contributed by atoms with Crippen LogP contribution in [0.3, 0.4) is 0 Å². The van der Waals surface area contributed by atoms with E-state index in [2.05, 4.69) is 5.92 Å². The average molecular weight is 206 g/mol. The van der Waals surface area contributed by atoms with Gasteiger partial charge in [0.1, 0.15) is 5.75 Å². The molecule has 0 amide bonds. The zero-order valence-corrected chi connectivity index (χ0v) is 8.68. The van der Waals surface area contributed by atoms with Gasteiger partial charge >= 0.3 is 0 Å². The van der Waals surface area contributed by atoms with Gasteiger partial charge in [-0.2, -0.15) is 0 Å². The molecule has 2 aromatic carbocycles. The van der Waals surface area contributed by atoms with Crippen molar-refractivity contribution in [3.63, 3.8) is 0 Å². The fourth-order valence-electron chi connectivity index (χ4n) is 2.10. The Morgan fingerprint density at radius 3 is 2.31 bits per heavy atom. The normalized spacial score (nSPS) is 21.2. The highest BCUT2D eigenvalue weighted by Gasteiger charge is 2.45. The largest absolute Gasteiger partial charge is 0.465 e. The topological polar surface area (TPSA) is 9.23 Å². The summed E-state index contributed by atoms with van der Waals surface area (Å²) in [6.45, 7) is 0. The molecule has 1 heteroatoms. The molecule has 1 aliphatic heterocycles. The molecule has 16 heavy (non-hydrogen) atoms. The van der Waals surface area contributed by atoms with Crippen LogP contribution >= 0.6 is 0 Å². The van der Waals surface area contributed by atoms with Gasteiger partial charge in [-0.25, -0.2) is 0 Å². The van der Waals surface area contributed by atoms with Crippen molar-refractivity contribution < 1.29 is 4.74 Å². The van der Waals surface area contributed by atoms with Crippen LogP contribution in [-0.2, 0) is 5.60 Å². The second kappa shape index (κ2) is 3.15. The van der Waals surface area contributed by atoms with Crippen molar-refractivity contribution in [3.05, 3.63) is 65.7 Å². The van der Waals surface area contributed by atoms with Gasteiger partial charge < -0.3 is 4.74 Å². The number of fused-ring (bicyclic) bond motifs is 1. The van der Waals surface area contributed by atoms with Gasteiger partial charge in [0.15, 0.2) is 0 Å². The van der Waals surface area contributed by atoms with Gasteiger partial charge in [-0.15, -0.1) is 6.42 Å². The molecular weight excluding hydrogens is 196 g/mol.